The summed E-state index contributed by atoms with van der Waals surface area (Å²) in [5.41, 5.74) is 1.96. The topological polar surface area (TPSA) is 78.4 Å². The summed E-state index contributed by atoms with van der Waals surface area (Å²) in [6.07, 6.45) is 1.83. The summed E-state index contributed by atoms with van der Waals surface area (Å²) in [6, 6.07) is 16.1. The fourth-order valence-corrected chi connectivity index (χ4v) is 4.22. The standard InChI is InChI=1S/C24H31N5O3/c1-25-24(27-18-12-15-28(16-18)19-8-3-5-10-21(19)31-2)26-13-7-14-29-20-9-4-6-11-22(20)32-17-23(29)30/h3-6,8-11,18H,7,12-17H2,1-2H3,(H2,25,26,27). The van der Waals surface area contributed by atoms with Gasteiger partial charge in [0.1, 0.15) is 11.5 Å². The van der Waals surface area contributed by atoms with E-state index in [1.165, 1.54) is 0 Å². The highest BCUT2D eigenvalue weighted by Crippen LogP contribution is 2.32. The zero-order valence-electron chi connectivity index (χ0n) is 18.7. The molecule has 0 aliphatic carbocycles. The molecule has 1 atom stereocenters. The van der Waals surface area contributed by atoms with Gasteiger partial charge in [-0.2, -0.15) is 0 Å². The van der Waals surface area contributed by atoms with Crippen molar-refractivity contribution in [3.8, 4) is 11.5 Å². The maximum Gasteiger partial charge on any atom is 0.265 e. The zero-order chi connectivity index (χ0) is 22.3. The molecule has 1 unspecified atom stereocenters. The van der Waals surface area contributed by atoms with E-state index >= 15 is 0 Å². The van der Waals surface area contributed by atoms with Crippen molar-refractivity contribution in [1.82, 2.24) is 10.6 Å². The summed E-state index contributed by atoms with van der Waals surface area (Å²) < 4.78 is 11.0. The molecular weight excluding hydrogens is 406 g/mol. The number of nitrogens with one attached hydrogen (secondary N) is 2. The quantitative estimate of drug-likeness (QED) is 0.393. The van der Waals surface area contributed by atoms with Gasteiger partial charge in [-0.05, 0) is 37.1 Å². The first-order valence-corrected chi connectivity index (χ1v) is 11.1. The van der Waals surface area contributed by atoms with Crippen molar-refractivity contribution >= 4 is 23.2 Å². The number of guanidine groups is 1. The van der Waals surface area contributed by atoms with Crippen LogP contribution in [0.1, 0.15) is 12.8 Å². The number of hydrogen-bond donors (Lipinski definition) is 2. The van der Waals surface area contributed by atoms with Crippen LogP contribution < -0.4 is 29.9 Å². The minimum atomic E-state index is -0.00593. The molecule has 8 heteroatoms. The first-order valence-electron chi connectivity index (χ1n) is 11.1. The number of carbonyl (C=O) groups is 1. The average Bonchev–Trinajstić information content (AvgIpc) is 3.30. The van der Waals surface area contributed by atoms with Gasteiger partial charge in [0.15, 0.2) is 12.6 Å². The van der Waals surface area contributed by atoms with Gasteiger partial charge in [0.05, 0.1) is 18.5 Å². The van der Waals surface area contributed by atoms with E-state index in [0.29, 0.717) is 12.6 Å². The molecule has 0 spiro atoms. The van der Waals surface area contributed by atoms with Crippen molar-refractivity contribution in [2.75, 3.05) is 56.7 Å². The smallest absolute Gasteiger partial charge is 0.265 e. The second kappa shape index (κ2) is 10.3. The van der Waals surface area contributed by atoms with Gasteiger partial charge in [0.2, 0.25) is 0 Å². The SMILES string of the molecule is CN=C(NCCCN1C(=O)COc2ccccc21)NC1CCN(c2ccccc2OC)C1. The number of hydrogen-bond acceptors (Lipinski definition) is 5. The Hall–Kier alpha value is -3.42. The normalized spacial score (nSPS) is 18.2. The maximum atomic E-state index is 12.3. The van der Waals surface area contributed by atoms with Crippen molar-refractivity contribution < 1.29 is 14.3 Å². The monoisotopic (exact) mass is 437 g/mol. The molecule has 0 saturated carbocycles. The highest BCUT2D eigenvalue weighted by atomic mass is 16.5. The fraction of sp³-hybridized carbons (Fsp3) is 0.417. The predicted octanol–water partition coefficient (Wildman–Crippen LogP) is 2.25. The van der Waals surface area contributed by atoms with E-state index < -0.39 is 0 Å². The minimum Gasteiger partial charge on any atom is -0.495 e. The number of nitrogens with zero attached hydrogens (tertiary/aromatic N) is 3. The van der Waals surface area contributed by atoms with Crippen molar-refractivity contribution in [2.24, 2.45) is 4.99 Å². The fourth-order valence-electron chi connectivity index (χ4n) is 4.22. The molecule has 2 aliphatic rings. The van der Waals surface area contributed by atoms with Crippen LogP contribution in [0.2, 0.25) is 0 Å². The van der Waals surface area contributed by atoms with Crippen LogP contribution in [0.4, 0.5) is 11.4 Å². The van der Waals surface area contributed by atoms with Crippen LogP contribution >= 0.6 is 0 Å². The molecule has 2 aromatic carbocycles. The third kappa shape index (κ3) is 4.90. The Bertz CT molecular complexity index is 964. The van der Waals surface area contributed by atoms with Crippen LogP contribution in [0.15, 0.2) is 53.5 Å². The summed E-state index contributed by atoms with van der Waals surface area (Å²) in [6.45, 7) is 3.30. The highest BCUT2D eigenvalue weighted by Gasteiger charge is 2.26. The number of methoxy groups -OCH3 is 1. The van der Waals surface area contributed by atoms with Crippen LogP contribution in [-0.4, -0.2) is 64.9 Å². The molecule has 8 nitrogen and oxygen atoms in total. The molecule has 2 aromatic rings. The van der Waals surface area contributed by atoms with Gasteiger partial charge in [-0.25, -0.2) is 0 Å². The third-order valence-corrected chi connectivity index (χ3v) is 5.84. The maximum absolute atomic E-state index is 12.3. The number of amides is 1. The van der Waals surface area contributed by atoms with Gasteiger partial charge in [-0.15, -0.1) is 0 Å². The highest BCUT2D eigenvalue weighted by molar-refractivity contribution is 5.97. The second-order valence-corrected chi connectivity index (χ2v) is 7.90. The molecule has 170 valence electrons. The Morgan fingerprint density at radius 1 is 1.19 bits per heavy atom. The molecule has 2 N–H and O–H groups in total. The first kappa shape index (κ1) is 21.8. The Balaban J connectivity index is 1.24. The molecule has 2 aliphatic heterocycles. The van der Waals surface area contributed by atoms with Crippen molar-refractivity contribution in [3.05, 3.63) is 48.5 Å². The van der Waals surface area contributed by atoms with Crippen LogP contribution in [0, 0.1) is 0 Å². The molecule has 0 aromatic heterocycles. The molecule has 1 amide bonds. The van der Waals surface area contributed by atoms with Gasteiger partial charge in [-0.1, -0.05) is 24.3 Å². The lowest BCUT2D eigenvalue weighted by Gasteiger charge is -2.29. The van der Waals surface area contributed by atoms with E-state index in [1.807, 2.05) is 42.5 Å². The largest absolute Gasteiger partial charge is 0.495 e. The third-order valence-electron chi connectivity index (χ3n) is 5.84. The number of benzene rings is 2. The molecule has 4 rings (SSSR count). The zero-order valence-corrected chi connectivity index (χ0v) is 18.7. The first-order chi connectivity index (χ1) is 15.7. The lowest BCUT2D eigenvalue weighted by Crippen LogP contribution is -2.45. The molecular formula is C24H31N5O3. The predicted molar refractivity (Wildman–Crippen MR) is 127 cm³/mol. The molecule has 1 saturated heterocycles. The van der Waals surface area contributed by atoms with Crippen LogP contribution in [0.25, 0.3) is 0 Å². The number of ether oxygens (including phenoxy) is 2. The van der Waals surface area contributed by atoms with Crippen molar-refractivity contribution in [1.29, 1.82) is 0 Å². The van der Waals surface area contributed by atoms with Gasteiger partial charge in [-0.3, -0.25) is 9.79 Å². The molecule has 32 heavy (non-hydrogen) atoms. The lowest BCUT2D eigenvalue weighted by molar-refractivity contribution is -0.121. The van der Waals surface area contributed by atoms with E-state index in [2.05, 4.69) is 26.6 Å². The van der Waals surface area contributed by atoms with E-state index in [0.717, 1.165) is 61.3 Å². The number of fused-ring (bicyclic) bond motifs is 1. The number of rotatable bonds is 7. The van der Waals surface area contributed by atoms with Crippen LogP contribution in [-0.2, 0) is 4.79 Å². The molecule has 1 fully saturated rings. The van der Waals surface area contributed by atoms with E-state index in [-0.39, 0.29) is 12.5 Å². The van der Waals surface area contributed by atoms with Gasteiger partial charge < -0.3 is 29.9 Å². The number of aliphatic imine (C=N–C) groups is 1. The van der Waals surface area contributed by atoms with E-state index in [1.54, 1.807) is 19.1 Å². The summed E-state index contributed by atoms with van der Waals surface area (Å²) in [5, 5.41) is 6.90. The molecule has 2 heterocycles. The Labute approximate surface area is 189 Å². The average molecular weight is 438 g/mol. The van der Waals surface area contributed by atoms with E-state index in [9.17, 15) is 4.79 Å². The van der Waals surface area contributed by atoms with Gasteiger partial charge >= 0.3 is 0 Å². The Morgan fingerprint density at radius 2 is 1.97 bits per heavy atom. The van der Waals surface area contributed by atoms with Crippen LogP contribution in [0.3, 0.4) is 0 Å². The second-order valence-electron chi connectivity index (χ2n) is 7.90. The van der Waals surface area contributed by atoms with Gasteiger partial charge in [0, 0.05) is 39.3 Å². The number of carbonyl (C=O) groups excluding carboxylic acids is 1. The Morgan fingerprint density at radius 3 is 2.78 bits per heavy atom. The number of anilines is 2. The summed E-state index contributed by atoms with van der Waals surface area (Å²) in [7, 11) is 3.49. The van der Waals surface area contributed by atoms with Crippen LogP contribution in [0.5, 0.6) is 11.5 Å². The summed E-state index contributed by atoms with van der Waals surface area (Å²) in [4.78, 5) is 20.8. The van der Waals surface area contributed by atoms with E-state index in [4.69, 9.17) is 9.47 Å². The lowest BCUT2D eigenvalue weighted by atomic mass is 10.2. The number of para-hydroxylation sites is 4. The van der Waals surface area contributed by atoms with Crippen molar-refractivity contribution in [3.63, 3.8) is 0 Å². The minimum absolute atomic E-state index is 0.00593. The molecule has 0 bridgehead atoms. The Kier molecular flexibility index (Phi) is 6.99. The van der Waals surface area contributed by atoms with Gasteiger partial charge in [0.25, 0.3) is 5.91 Å². The summed E-state index contributed by atoms with van der Waals surface area (Å²) >= 11 is 0. The molecule has 0 radical (unpaired) electrons. The summed E-state index contributed by atoms with van der Waals surface area (Å²) in [5.74, 6) is 2.44. The van der Waals surface area contributed by atoms with Crippen molar-refractivity contribution in [2.45, 2.75) is 18.9 Å².